The Morgan fingerprint density at radius 3 is 2.61 bits per heavy atom. The molecule has 4 nitrogen and oxygen atoms in total. The quantitative estimate of drug-likeness (QED) is 0.699. The Hall–Kier alpha value is -3.34. The van der Waals surface area contributed by atoms with Gasteiger partial charge in [-0.1, -0.05) is 48.5 Å². The molecule has 2 heterocycles. The van der Waals surface area contributed by atoms with Gasteiger partial charge >= 0.3 is 0 Å². The Labute approximate surface area is 182 Å². The molecule has 158 valence electrons. The number of piperazine rings is 1. The Morgan fingerprint density at radius 2 is 1.77 bits per heavy atom. The molecule has 3 aromatic carbocycles. The highest BCUT2D eigenvalue weighted by atomic mass is 19.1. The lowest BCUT2D eigenvalue weighted by atomic mass is 9.83. The van der Waals surface area contributed by atoms with Crippen LogP contribution >= 0.6 is 0 Å². The van der Waals surface area contributed by atoms with E-state index >= 15 is 0 Å². The molecular weight excluding hydrogens is 389 g/mol. The summed E-state index contributed by atoms with van der Waals surface area (Å²) in [4.78, 5) is 18.1. The van der Waals surface area contributed by atoms with Crippen molar-refractivity contribution in [3.05, 3.63) is 95.8 Å². The fourth-order valence-electron chi connectivity index (χ4n) is 4.90. The first-order chi connectivity index (χ1) is 15.2. The van der Waals surface area contributed by atoms with Crippen molar-refractivity contribution in [3.63, 3.8) is 0 Å². The molecule has 1 saturated heterocycles. The Morgan fingerprint density at radius 1 is 0.968 bits per heavy atom. The Bertz CT molecular complexity index is 1070. The molecule has 0 bridgehead atoms. The van der Waals surface area contributed by atoms with Crippen molar-refractivity contribution in [2.45, 2.75) is 19.0 Å². The first-order valence-corrected chi connectivity index (χ1v) is 10.9. The molecule has 3 aromatic rings. The van der Waals surface area contributed by atoms with Crippen LogP contribution in [-0.2, 0) is 17.8 Å². The number of benzene rings is 3. The lowest BCUT2D eigenvalue weighted by Gasteiger charge is -2.49. The van der Waals surface area contributed by atoms with Crippen molar-refractivity contribution >= 4 is 17.3 Å². The van der Waals surface area contributed by atoms with Crippen LogP contribution in [0, 0.1) is 11.7 Å². The largest absolute Gasteiger partial charge is 0.368 e. The number of para-hydroxylation sites is 2. The van der Waals surface area contributed by atoms with Gasteiger partial charge in [0.15, 0.2) is 0 Å². The maximum absolute atomic E-state index is 13.5. The van der Waals surface area contributed by atoms with E-state index in [9.17, 15) is 9.18 Å². The summed E-state index contributed by atoms with van der Waals surface area (Å²) in [5, 5.41) is 3.06. The average molecular weight is 416 g/mol. The van der Waals surface area contributed by atoms with Gasteiger partial charge in [0.05, 0.1) is 12.0 Å². The smallest absolute Gasteiger partial charge is 0.225 e. The number of halogens is 1. The molecule has 0 aliphatic carbocycles. The summed E-state index contributed by atoms with van der Waals surface area (Å²) >= 11 is 0. The monoisotopic (exact) mass is 415 g/mol. The third-order valence-corrected chi connectivity index (χ3v) is 6.44. The van der Waals surface area contributed by atoms with E-state index in [2.05, 4.69) is 57.6 Å². The van der Waals surface area contributed by atoms with Crippen molar-refractivity contribution in [3.8, 4) is 0 Å². The van der Waals surface area contributed by atoms with Crippen molar-refractivity contribution < 1.29 is 9.18 Å². The van der Waals surface area contributed by atoms with Crippen molar-refractivity contribution in [1.82, 2.24) is 5.32 Å². The highest BCUT2D eigenvalue weighted by Crippen LogP contribution is 2.36. The molecule has 1 N–H and O–H groups in total. The maximum Gasteiger partial charge on any atom is 0.225 e. The van der Waals surface area contributed by atoms with Gasteiger partial charge in [0.25, 0.3) is 0 Å². The number of fused-ring (bicyclic) bond motifs is 3. The van der Waals surface area contributed by atoms with Gasteiger partial charge in [0.2, 0.25) is 5.91 Å². The van der Waals surface area contributed by atoms with Gasteiger partial charge < -0.3 is 15.1 Å². The van der Waals surface area contributed by atoms with E-state index in [1.807, 2.05) is 18.2 Å². The van der Waals surface area contributed by atoms with Crippen molar-refractivity contribution in [2.75, 3.05) is 29.4 Å². The number of carbonyl (C=O) groups excluding carboxylic acids is 1. The molecule has 0 spiro atoms. The second kappa shape index (κ2) is 8.42. The van der Waals surface area contributed by atoms with E-state index in [0.717, 1.165) is 31.6 Å². The Balaban J connectivity index is 1.39. The summed E-state index contributed by atoms with van der Waals surface area (Å²) in [6.07, 6.45) is 0.717. The summed E-state index contributed by atoms with van der Waals surface area (Å²) in [6, 6.07) is 25.3. The fraction of sp³-hybridized carbons (Fsp3) is 0.269. The highest BCUT2D eigenvalue weighted by Gasteiger charge is 2.41. The standard InChI is InChI=1S/C26H26FN3O/c27-21-9-6-7-19(15-21)17-28-26(31)23-16-20-8-4-5-12-24(20)30-14-13-29(18-25(23)30)22-10-2-1-3-11-22/h1-12,15,23,25H,13-14,16-18H2,(H,28,31)/t23-,25+/m1/s1. The zero-order valence-electron chi connectivity index (χ0n) is 17.4. The van der Waals surface area contributed by atoms with Gasteiger partial charge in [-0.3, -0.25) is 4.79 Å². The molecule has 0 aromatic heterocycles. The number of rotatable bonds is 4. The van der Waals surface area contributed by atoms with Gasteiger partial charge in [-0.25, -0.2) is 4.39 Å². The summed E-state index contributed by atoms with van der Waals surface area (Å²) in [6.45, 7) is 2.94. The predicted octanol–water partition coefficient (Wildman–Crippen LogP) is 4.01. The number of hydrogen-bond acceptors (Lipinski definition) is 3. The topological polar surface area (TPSA) is 35.6 Å². The van der Waals surface area contributed by atoms with E-state index in [-0.39, 0.29) is 23.7 Å². The zero-order chi connectivity index (χ0) is 21.2. The van der Waals surface area contributed by atoms with Crippen molar-refractivity contribution in [1.29, 1.82) is 0 Å². The van der Waals surface area contributed by atoms with Crippen LogP contribution in [0.2, 0.25) is 0 Å². The van der Waals surface area contributed by atoms with Crippen LogP contribution in [0.4, 0.5) is 15.8 Å². The molecule has 0 saturated carbocycles. The molecule has 2 atom stereocenters. The van der Waals surface area contributed by atoms with Crippen LogP contribution in [0.5, 0.6) is 0 Å². The minimum Gasteiger partial charge on any atom is -0.368 e. The fourth-order valence-corrected chi connectivity index (χ4v) is 4.90. The van der Waals surface area contributed by atoms with Gasteiger partial charge in [-0.15, -0.1) is 0 Å². The second-order valence-electron chi connectivity index (χ2n) is 8.33. The van der Waals surface area contributed by atoms with Gasteiger partial charge in [0.1, 0.15) is 5.82 Å². The number of amides is 1. The van der Waals surface area contributed by atoms with Crippen LogP contribution in [0.15, 0.2) is 78.9 Å². The van der Waals surface area contributed by atoms with Crippen LogP contribution < -0.4 is 15.1 Å². The summed E-state index contributed by atoms with van der Waals surface area (Å²) < 4.78 is 13.5. The highest BCUT2D eigenvalue weighted by molar-refractivity contribution is 5.82. The minimum absolute atomic E-state index is 0.0312. The Kier molecular flexibility index (Phi) is 5.33. The number of nitrogens with zero attached hydrogens (tertiary/aromatic N) is 2. The number of hydrogen-bond donors (Lipinski definition) is 1. The van der Waals surface area contributed by atoms with E-state index in [1.165, 1.54) is 29.1 Å². The molecular formula is C26H26FN3O. The molecule has 5 heteroatoms. The van der Waals surface area contributed by atoms with E-state index < -0.39 is 0 Å². The lowest BCUT2D eigenvalue weighted by Crippen LogP contribution is -2.61. The second-order valence-corrected chi connectivity index (χ2v) is 8.33. The zero-order valence-corrected chi connectivity index (χ0v) is 17.4. The molecule has 31 heavy (non-hydrogen) atoms. The summed E-state index contributed by atoms with van der Waals surface area (Å²) in [5.41, 5.74) is 4.43. The van der Waals surface area contributed by atoms with Crippen LogP contribution in [0.1, 0.15) is 11.1 Å². The van der Waals surface area contributed by atoms with Gasteiger partial charge in [-0.05, 0) is 47.9 Å². The maximum atomic E-state index is 13.5. The number of nitrogens with one attached hydrogen (secondary N) is 1. The van der Waals surface area contributed by atoms with Gasteiger partial charge in [0, 0.05) is 37.6 Å². The molecule has 2 aliphatic heterocycles. The van der Waals surface area contributed by atoms with Crippen LogP contribution in [-0.4, -0.2) is 31.6 Å². The van der Waals surface area contributed by atoms with E-state index in [1.54, 1.807) is 6.07 Å². The first-order valence-electron chi connectivity index (χ1n) is 10.9. The lowest BCUT2D eigenvalue weighted by molar-refractivity contribution is -0.126. The van der Waals surface area contributed by atoms with Crippen LogP contribution in [0.25, 0.3) is 0 Å². The normalized spacial score (nSPS) is 20.0. The summed E-state index contributed by atoms with van der Waals surface area (Å²) in [7, 11) is 0. The molecule has 5 rings (SSSR count). The van der Waals surface area contributed by atoms with Crippen molar-refractivity contribution in [2.24, 2.45) is 5.92 Å². The number of carbonyl (C=O) groups is 1. The molecule has 0 unspecified atom stereocenters. The first kappa shape index (κ1) is 19.6. The SMILES string of the molecule is O=C(NCc1cccc(F)c1)[C@@H]1Cc2ccccc2N2CCN(c3ccccc3)C[C@@H]12. The molecule has 1 fully saturated rings. The minimum atomic E-state index is -0.282. The van der Waals surface area contributed by atoms with E-state index in [0.29, 0.717) is 6.54 Å². The molecule has 2 aliphatic rings. The van der Waals surface area contributed by atoms with E-state index in [4.69, 9.17) is 0 Å². The molecule has 0 radical (unpaired) electrons. The third kappa shape index (κ3) is 4.00. The molecule has 1 amide bonds. The predicted molar refractivity (Wildman–Crippen MR) is 122 cm³/mol. The summed E-state index contributed by atoms with van der Waals surface area (Å²) in [5.74, 6) is -0.408. The van der Waals surface area contributed by atoms with Gasteiger partial charge in [-0.2, -0.15) is 0 Å². The average Bonchev–Trinajstić information content (AvgIpc) is 2.82. The third-order valence-electron chi connectivity index (χ3n) is 6.44. The van der Waals surface area contributed by atoms with Crippen LogP contribution in [0.3, 0.4) is 0 Å². The number of anilines is 2.